The number of carbonyl (C=O) groups excluding carboxylic acids is 1. The molecule has 0 atom stereocenters. The van der Waals surface area contributed by atoms with Crippen LogP contribution < -0.4 is 5.32 Å². The van der Waals surface area contributed by atoms with E-state index < -0.39 is 0 Å². The summed E-state index contributed by atoms with van der Waals surface area (Å²) in [4.78, 5) is 10.7. The summed E-state index contributed by atoms with van der Waals surface area (Å²) >= 11 is 0. The quantitative estimate of drug-likeness (QED) is 0.781. The second-order valence-corrected chi connectivity index (χ2v) is 3.81. The molecule has 0 unspecified atom stereocenters. The second kappa shape index (κ2) is 4.80. The van der Waals surface area contributed by atoms with Crippen molar-refractivity contribution in [2.75, 3.05) is 0 Å². The first-order chi connectivity index (χ1) is 6.59. The van der Waals surface area contributed by atoms with Gasteiger partial charge in [-0.15, -0.1) is 0 Å². The van der Waals surface area contributed by atoms with Crippen LogP contribution in [0.5, 0.6) is 0 Å². The van der Waals surface area contributed by atoms with Gasteiger partial charge in [0.05, 0.1) is 0 Å². The third-order valence-electron chi connectivity index (χ3n) is 2.19. The maximum Gasteiger partial charge on any atom is 0.217 e. The van der Waals surface area contributed by atoms with Crippen LogP contribution >= 0.6 is 0 Å². The SMILES string of the molecule is CC(=O)NCc1ccc(C(C)C)cc1. The highest BCUT2D eigenvalue weighted by Crippen LogP contribution is 2.14. The fourth-order valence-electron chi connectivity index (χ4n) is 1.25. The van der Waals surface area contributed by atoms with Gasteiger partial charge in [-0.25, -0.2) is 0 Å². The van der Waals surface area contributed by atoms with Gasteiger partial charge < -0.3 is 5.32 Å². The molecule has 0 bridgehead atoms. The molecule has 0 aliphatic heterocycles. The molecule has 1 amide bonds. The molecule has 0 saturated carbocycles. The van der Waals surface area contributed by atoms with E-state index in [4.69, 9.17) is 0 Å². The average Bonchev–Trinajstić information content (AvgIpc) is 2.15. The molecule has 0 heterocycles. The lowest BCUT2D eigenvalue weighted by atomic mass is 10.0. The van der Waals surface area contributed by atoms with Gasteiger partial charge in [0.1, 0.15) is 0 Å². The molecular formula is C12H17NO. The molecule has 0 radical (unpaired) electrons. The summed E-state index contributed by atoms with van der Waals surface area (Å²) in [5.41, 5.74) is 2.47. The summed E-state index contributed by atoms with van der Waals surface area (Å²) in [7, 11) is 0. The second-order valence-electron chi connectivity index (χ2n) is 3.81. The zero-order valence-corrected chi connectivity index (χ0v) is 9.00. The summed E-state index contributed by atoms with van der Waals surface area (Å²) in [5, 5.41) is 2.77. The fourth-order valence-corrected chi connectivity index (χ4v) is 1.25. The molecule has 76 valence electrons. The summed E-state index contributed by atoms with van der Waals surface area (Å²) in [6, 6.07) is 8.35. The Bertz CT molecular complexity index is 301. The van der Waals surface area contributed by atoms with Crippen molar-refractivity contribution in [2.24, 2.45) is 0 Å². The fraction of sp³-hybridized carbons (Fsp3) is 0.417. The Kier molecular flexibility index (Phi) is 3.69. The standard InChI is InChI=1S/C12H17NO/c1-9(2)12-6-4-11(5-7-12)8-13-10(3)14/h4-7,9H,8H2,1-3H3,(H,13,14). The van der Waals surface area contributed by atoms with Crippen molar-refractivity contribution in [3.8, 4) is 0 Å². The van der Waals surface area contributed by atoms with Crippen molar-refractivity contribution in [1.29, 1.82) is 0 Å². The van der Waals surface area contributed by atoms with E-state index in [1.54, 1.807) is 0 Å². The van der Waals surface area contributed by atoms with E-state index in [-0.39, 0.29) is 5.91 Å². The number of amides is 1. The molecule has 0 spiro atoms. The number of rotatable bonds is 3. The number of hydrogen-bond donors (Lipinski definition) is 1. The van der Waals surface area contributed by atoms with Gasteiger partial charge in [-0.1, -0.05) is 38.1 Å². The Morgan fingerprint density at radius 2 is 1.86 bits per heavy atom. The van der Waals surface area contributed by atoms with Crippen molar-refractivity contribution in [3.05, 3.63) is 35.4 Å². The molecule has 2 nitrogen and oxygen atoms in total. The molecule has 0 saturated heterocycles. The molecule has 0 aliphatic rings. The average molecular weight is 191 g/mol. The Hall–Kier alpha value is -1.31. The Morgan fingerprint density at radius 3 is 2.29 bits per heavy atom. The maximum absolute atomic E-state index is 10.7. The van der Waals surface area contributed by atoms with Gasteiger partial charge in [0.2, 0.25) is 5.91 Å². The van der Waals surface area contributed by atoms with Crippen LogP contribution in [-0.4, -0.2) is 5.91 Å². The van der Waals surface area contributed by atoms with E-state index in [1.807, 2.05) is 0 Å². The zero-order valence-electron chi connectivity index (χ0n) is 9.00. The minimum Gasteiger partial charge on any atom is -0.352 e. The predicted molar refractivity (Wildman–Crippen MR) is 58.1 cm³/mol. The Labute approximate surface area is 85.3 Å². The van der Waals surface area contributed by atoms with Gasteiger partial charge >= 0.3 is 0 Å². The highest BCUT2D eigenvalue weighted by atomic mass is 16.1. The van der Waals surface area contributed by atoms with Crippen LogP contribution in [0.2, 0.25) is 0 Å². The van der Waals surface area contributed by atoms with Crippen LogP contribution in [0.25, 0.3) is 0 Å². The largest absolute Gasteiger partial charge is 0.352 e. The van der Waals surface area contributed by atoms with E-state index >= 15 is 0 Å². The summed E-state index contributed by atoms with van der Waals surface area (Å²) in [6.07, 6.45) is 0. The molecule has 1 aromatic carbocycles. The Balaban J connectivity index is 2.59. The predicted octanol–water partition coefficient (Wildman–Crippen LogP) is 2.45. The van der Waals surface area contributed by atoms with Gasteiger partial charge in [-0.3, -0.25) is 4.79 Å². The highest BCUT2D eigenvalue weighted by molar-refractivity contribution is 5.72. The monoisotopic (exact) mass is 191 g/mol. The molecule has 2 heteroatoms. The number of benzene rings is 1. The summed E-state index contributed by atoms with van der Waals surface area (Å²) < 4.78 is 0. The van der Waals surface area contributed by atoms with Crippen LogP contribution in [0.3, 0.4) is 0 Å². The van der Waals surface area contributed by atoms with E-state index in [9.17, 15) is 4.79 Å². The van der Waals surface area contributed by atoms with Crippen molar-refractivity contribution < 1.29 is 4.79 Å². The third kappa shape index (κ3) is 3.21. The topological polar surface area (TPSA) is 29.1 Å². The highest BCUT2D eigenvalue weighted by Gasteiger charge is 1.99. The molecule has 1 rings (SSSR count). The van der Waals surface area contributed by atoms with E-state index in [0.717, 1.165) is 5.56 Å². The van der Waals surface area contributed by atoms with Crippen molar-refractivity contribution in [3.63, 3.8) is 0 Å². The maximum atomic E-state index is 10.7. The lowest BCUT2D eigenvalue weighted by Gasteiger charge is -2.07. The summed E-state index contributed by atoms with van der Waals surface area (Å²) in [6.45, 7) is 6.49. The minimum absolute atomic E-state index is 0.0120. The first kappa shape index (κ1) is 10.8. The van der Waals surface area contributed by atoms with E-state index in [1.165, 1.54) is 12.5 Å². The summed E-state index contributed by atoms with van der Waals surface area (Å²) in [5.74, 6) is 0.572. The lowest BCUT2D eigenvalue weighted by Crippen LogP contribution is -2.18. The van der Waals surface area contributed by atoms with Crippen molar-refractivity contribution in [2.45, 2.75) is 33.2 Å². The number of hydrogen-bond acceptors (Lipinski definition) is 1. The van der Waals surface area contributed by atoms with Gasteiger partial charge in [-0.2, -0.15) is 0 Å². The van der Waals surface area contributed by atoms with Crippen molar-refractivity contribution >= 4 is 5.91 Å². The number of nitrogens with one attached hydrogen (secondary N) is 1. The first-order valence-electron chi connectivity index (χ1n) is 4.93. The first-order valence-corrected chi connectivity index (χ1v) is 4.93. The van der Waals surface area contributed by atoms with Crippen LogP contribution in [0.1, 0.15) is 37.8 Å². The van der Waals surface area contributed by atoms with Gasteiger partial charge in [0, 0.05) is 13.5 Å². The molecule has 0 fully saturated rings. The molecule has 0 aromatic heterocycles. The van der Waals surface area contributed by atoms with Crippen LogP contribution in [-0.2, 0) is 11.3 Å². The molecule has 1 aromatic rings. The lowest BCUT2D eigenvalue weighted by molar-refractivity contribution is -0.119. The molecule has 1 N–H and O–H groups in total. The Morgan fingerprint density at radius 1 is 1.29 bits per heavy atom. The van der Waals surface area contributed by atoms with E-state index in [2.05, 4.69) is 43.4 Å². The molecular weight excluding hydrogens is 174 g/mol. The smallest absolute Gasteiger partial charge is 0.217 e. The van der Waals surface area contributed by atoms with Gasteiger partial charge in [-0.05, 0) is 17.0 Å². The van der Waals surface area contributed by atoms with Gasteiger partial charge in [0.15, 0.2) is 0 Å². The van der Waals surface area contributed by atoms with Crippen LogP contribution in [0.15, 0.2) is 24.3 Å². The third-order valence-corrected chi connectivity index (χ3v) is 2.19. The van der Waals surface area contributed by atoms with Gasteiger partial charge in [0.25, 0.3) is 0 Å². The van der Waals surface area contributed by atoms with Crippen LogP contribution in [0, 0.1) is 0 Å². The van der Waals surface area contributed by atoms with E-state index in [0.29, 0.717) is 12.5 Å². The minimum atomic E-state index is 0.0120. The number of carbonyl (C=O) groups is 1. The van der Waals surface area contributed by atoms with Crippen molar-refractivity contribution in [1.82, 2.24) is 5.32 Å². The normalized spacial score (nSPS) is 10.3. The molecule has 14 heavy (non-hydrogen) atoms. The molecule has 0 aliphatic carbocycles. The zero-order chi connectivity index (χ0) is 10.6. The van der Waals surface area contributed by atoms with Crippen LogP contribution in [0.4, 0.5) is 0 Å².